The van der Waals surface area contributed by atoms with Crippen molar-refractivity contribution in [2.75, 3.05) is 0 Å². The van der Waals surface area contributed by atoms with E-state index in [0.717, 1.165) is 42.0 Å². The van der Waals surface area contributed by atoms with E-state index in [1.807, 2.05) is 13.8 Å². The number of oxazole rings is 1. The minimum atomic E-state index is 0.622. The van der Waals surface area contributed by atoms with Gasteiger partial charge in [-0.15, -0.1) is 10.2 Å². The van der Waals surface area contributed by atoms with Gasteiger partial charge in [0.2, 0.25) is 5.89 Å². The Kier molecular flexibility index (Phi) is 3.33. The molecule has 19 heavy (non-hydrogen) atoms. The lowest BCUT2D eigenvalue weighted by Crippen LogP contribution is -2.19. The maximum atomic E-state index is 5.53. The highest BCUT2D eigenvalue weighted by atomic mass is 16.4. The van der Waals surface area contributed by atoms with E-state index in [1.54, 1.807) is 0 Å². The van der Waals surface area contributed by atoms with Gasteiger partial charge in [0.25, 0.3) is 0 Å². The second kappa shape index (κ2) is 5.13. The summed E-state index contributed by atoms with van der Waals surface area (Å²) in [5, 5.41) is 11.8. The van der Waals surface area contributed by atoms with Crippen molar-refractivity contribution in [1.29, 1.82) is 0 Å². The SMILES string of the molecule is Cc1nc(CNCc2nnc3n2CCCC3)oc1C. The Bertz CT molecular complexity index is 552. The maximum absolute atomic E-state index is 5.53. The van der Waals surface area contributed by atoms with Crippen molar-refractivity contribution in [3.8, 4) is 0 Å². The second-order valence-electron chi connectivity index (χ2n) is 4.99. The van der Waals surface area contributed by atoms with Crippen LogP contribution in [-0.2, 0) is 26.1 Å². The molecule has 1 aliphatic heterocycles. The Morgan fingerprint density at radius 3 is 2.89 bits per heavy atom. The molecule has 0 aliphatic carbocycles. The van der Waals surface area contributed by atoms with E-state index in [9.17, 15) is 0 Å². The molecule has 0 atom stereocenters. The molecule has 0 aromatic carbocycles. The largest absolute Gasteiger partial charge is 0.444 e. The molecule has 2 aromatic heterocycles. The first-order valence-electron chi connectivity index (χ1n) is 6.78. The van der Waals surface area contributed by atoms with Crippen molar-refractivity contribution in [1.82, 2.24) is 25.1 Å². The van der Waals surface area contributed by atoms with Gasteiger partial charge in [-0.25, -0.2) is 4.98 Å². The van der Waals surface area contributed by atoms with Gasteiger partial charge >= 0.3 is 0 Å². The molecule has 0 spiro atoms. The van der Waals surface area contributed by atoms with Crippen LogP contribution in [0.3, 0.4) is 0 Å². The Labute approximate surface area is 112 Å². The Hall–Kier alpha value is -1.69. The van der Waals surface area contributed by atoms with Gasteiger partial charge in [0.05, 0.1) is 18.8 Å². The lowest BCUT2D eigenvalue weighted by molar-refractivity contribution is 0.440. The van der Waals surface area contributed by atoms with E-state index in [0.29, 0.717) is 13.1 Å². The first-order chi connectivity index (χ1) is 9.24. The van der Waals surface area contributed by atoms with E-state index in [-0.39, 0.29) is 0 Å². The molecule has 3 rings (SSSR count). The molecule has 6 heteroatoms. The van der Waals surface area contributed by atoms with Crippen LogP contribution < -0.4 is 5.32 Å². The van der Waals surface area contributed by atoms with Crippen molar-refractivity contribution in [2.45, 2.75) is 52.7 Å². The number of fused-ring (bicyclic) bond motifs is 1. The van der Waals surface area contributed by atoms with E-state index in [1.165, 1.54) is 12.8 Å². The first kappa shape index (κ1) is 12.3. The van der Waals surface area contributed by atoms with Gasteiger partial charge in [0, 0.05) is 13.0 Å². The van der Waals surface area contributed by atoms with Crippen LogP contribution in [-0.4, -0.2) is 19.7 Å². The minimum absolute atomic E-state index is 0.622. The smallest absolute Gasteiger partial charge is 0.208 e. The van der Waals surface area contributed by atoms with Gasteiger partial charge in [-0.3, -0.25) is 0 Å². The molecular formula is C13H19N5O. The molecule has 0 amide bonds. The summed E-state index contributed by atoms with van der Waals surface area (Å²) in [6.45, 7) is 6.25. The molecule has 0 saturated carbocycles. The summed E-state index contributed by atoms with van der Waals surface area (Å²) < 4.78 is 7.75. The number of aryl methyl sites for hydroxylation is 3. The molecular weight excluding hydrogens is 242 g/mol. The highest BCUT2D eigenvalue weighted by molar-refractivity contribution is 5.05. The molecule has 1 N–H and O–H groups in total. The van der Waals surface area contributed by atoms with Gasteiger partial charge in [-0.2, -0.15) is 0 Å². The van der Waals surface area contributed by atoms with E-state index < -0.39 is 0 Å². The van der Waals surface area contributed by atoms with E-state index in [2.05, 4.69) is 25.1 Å². The fourth-order valence-corrected chi connectivity index (χ4v) is 2.40. The molecule has 1 aliphatic rings. The molecule has 0 fully saturated rings. The third-order valence-corrected chi connectivity index (χ3v) is 3.57. The van der Waals surface area contributed by atoms with Crippen LogP contribution in [0.5, 0.6) is 0 Å². The van der Waals surface area contributed by atoms with Crippen LogP contribution in [0.1, 0.15) is 41.8 Å². The predicted molar refractivity (Wildman–Crippen MR) is 69.5 cm³/mol. The monoisotopic (exact) mass is 261 g/mol. The normalized spacial score (nSPS) is 14.6. The average Bonchev–Trinajstić information content (AvgIpc) is 2.95. The number of hydrogen-bond donors (Lipinski definition) is 1. The van der Waals surface area contributed by atoms with Crippen LogP contribution in [0.15, 0.2) is 4.42 Å². The summed E-state index contributed by atoms with van der Waals surface area (Å²) in [4.78, 5) is 4.34. The average molecular weight is 261 g/mol. The number of aromatic nitrogens is 4. The van der Waals surface area contributed by atoms with Crippen LogP contribution in [0, 0.1) is 13.8 Å². The number of rotatable bonds is 4. The molecule has 6 nitrogen and oxygen atoms in total. The number of nitrogens with one attached hydrogen (secondary N) is 1. The minimum Gasteiger partial charge on any atom is -0.444 e. The summed E-state index contributed by atoms with van der Waals surface area (Å²) in [7, 11) is 0. The predicted octanol–water partition coefficient (Wildman–Crippen LogP) is 1.51. The van der Waals surface area contributed by atoms with Crippen LogP contribution in [0.2, 0.25) is 0 Å². The molecule has 0 radical (unpaired) electrons. The third kappa shape index (κ3) is 2.53. The van der Waals surface area contributed by atoms with Crippen molar-refractivity contribution >= 4 is 0 Å². The fourth-order valence-electron chi connectivity index (χ4n) is 2.40. The zero-order valence-corrected chi connectivity index (χ0v) is 11.4. The van der Waals surface area contributed by atoms with Gasteiger partial charge in [0.15, 0.2) is 0 Å². The van der Waals surface area contributed by atoms with E-state index >= 15 is 0 Å². The molecule has 3 heterocycles. The number of hydrogen-bond acceptors (Lipinski definition) is 5. The fraction of sp³-hybridized carbons (Fsp3) is 0.615. The Morgan fingerprint density at radius 1 is 1.21 bits per heavy atom. The molecule has 0 saturated heterocycles. The lowest BCUT2D eigenvalue weighted by atomic mass is 10.2. The highest BCUT2D eigenvalue weighted by Crippen LogP contribution is 2.14. The van der Waals surface area contributed by atoms with Crippen molar-refractivity contribution < 1.29 is 4.42 Å². The summed E-state index contributed by atoms with van der Waals surface area (Å²) in [6.07, 6.45) is 3.49. The summed E-state index contributed by atoms with van der Waals surface area (Å²) in [6, 6.07) is 0. The first-order valence-corrected chi connectivity index (χ1v) is 6.78. The molecule has 0 unspecified atom stereocenters. The molecule has 102 valence electrons. The Morgan fingerprint density at radius 2 is 2.11 bits per heavy atom. The second-order valence-corrected chi connectivity index (χ2v) is 4.99. The van der Waals surface area contributed by atoms with Crippen LogP contribution in [0.4, 0.5) is 0 Å². The molecule has 2 aromatic rings. The van der Waals surface area contributed by atoms with Gasteiger partial charge in [-0.1, -0.05) is 0 Å². The zero-order chi connectivity index (χ0) is 13.2. The molecule has 0 bridgehead atoms. The summed E-state index contributed by atoms with van der Waals surface area (Å²) in [5.74, 6) is 3.74. The third-order valence-electron chi connectivity index (χ3n) is 3.57. The van der Waals surface area contributed by atoms with Crippen molar-refractivity contribution in [3.05, 3.63) is 29.0 Å². The van der Waals surface area contributed by atoms with Crippen molar-refractivity contribution in [3.63, 3.8) is 0 Å². The quantitative estimate of drug-likeness (QED) is 0.903. The topological polar surface area (TPSA) is 68.8 Å². The standard InChI is InChI=1S/C13H19N5O/c1-9-10(2)19-13(15-9)8-14-7-12-17-16-11-5-3-4-6-18(11)12/h14H,3-8H2,1-2H3. The maximum Gasteiger partial charge on any atom is 0.208 e. The summed E-state index contributed by atoms with van der Waals surface area (Å²) >= 11 is 0. The van der Waals surface area contributed by atoms with Gasteiger partial charge in [-0.05, 0) is 26.7 Å². The van der Waals surface area contributed by atoms with E-state index in [4.69, 9.17) is 4.42 Å². The van der Waals surface area contributed by atoms with Crippen molar-refractivity contribution in [2.24, 2.45) is 0 Å². The zero-order valence-electron chi connectivity index (χ0n) is 11.4. The Balaban J connectivity index is 1.59. The highest BCUT2D eigenvalue weighted by Gasteiger charge is 2.15. The van der Waals surface area contributed by atoms with Gasteiger partial charge < -0.3 is 14.3 Å². The van der Waals surface area contributed by atoms with Crippen LogP contribution in [0.25, 0.3) is 0 Å². The number of nitrogens with zero attached hydrogens (tertiary/aromatic N) is 4. The summed E-state index contributed by atoms with van der Waals surface area (Å²) in [5.41, 5.74) is 0.955. The van der Waals surface area contributed by atoms with Crippen LogP contribution >= 0.6 is 0 Å². The van der Waals surface area contributed by atoms with Gasteiger partial charge in [0.1, 0.15) is 17.4 Å². The lowest BCUT2D eigenvalue weighted by Gasteiger charge is -2.14.